The van der Waals surface area contributed by atoms with Crippen molar-refractivity contribution >= 4 is 18.3 Å². The number of rotatable bonds is 6. The van der Waals surface area contributed by atoms with E-state index in [1.54, 1.807) is 7.11 Å². The predicted octanol–water partition coefficient (Wildman–Crippen LogP) is 2.83. The molecular formula is C18H27ClN2O2. The number of fused-ring (bicyclic) bond motifs is 2. The largest absolute Gasteiger partial charge is 0.375 e. The first-order valence-electron chi connectivity index (χ1n) is 8.35. The fourth-order valence-corrected chi connectivity index (χ4v) is 3.89. The molecule has 0 aromatic heterocycles. The van der Waals surface area contributed by atoms with Gasteiger partial charge in [0.05, 0.1) is 6.10 Å². The molecule has 2 saturated heterocycles. The molecule has 0 spiro atoms. The van der Waals surface area contributed by atoms with Crippen molar-refractivity contribution in [3.63, 3.8) is 0 Å². The van der Waals surface area contributed by atoms with Crippen LogP contribution in [0.5, 0.6) is 0 Å². The molecule has 1 aromatic carbocycles. The second-order valence-corrected chi connectivity index (χ2v) is 6.62. The summed E-state index contributed by atoms with van der Waals surface area (Å²) in [6.45, 7) is 0.539. The van der Waals surface area contributed by atoms with Gasteiger partial charge >= 0.3 is 0 Å². The van der Waals surface area contributed by atoms with Gasteiger partial charge in [0.15, 0.2) is 0 Å². The average Bonchev–Trinajstić information content (AvgIpc) is 2.88. The lowest BCUT2D eigenvalue weighted by Gasteiger charge is -2.28. The molecule has 3 rings (SSSR count). The minimum Gasteiger partial charge on any atom is -0.375 e. The summed E-state index contributed by atoms with van der Waals surface area (Å²) in [5.41, 5.74) is 1.10. The Hall–Kier alpha value is -1.10. The molecule has 2 aliphatic rings. The number of piperidine rings is 1. The van der Waals surface area contributed by atoms with E-state index in [1.807, 2.05) is 30.3 Å². The molecule has 1 amide bonds. The van der Waals surface area contributed by atoms with Crippen LogP contribution in [0.3, 0.4) is 0 Å². The Morgan fingerprint density at radius 1 is 1.26 bits per heavy atom. The summed E-state index contributed by atoms with van der Waals surface area (Å²) in [5.74, 6) is 0.695. The number of carbonyl (C=O) groups is 1. The number of carbonyl (C=O) groups excluding carboxylic acids is 1. The molecule has 3 unspecified atom stereocenters. The maximum Gasteiger partial charge on any atom is 0.220 e. The molecule has 4 nitrogen and oxygen atoms in total. The van der Waals surface area contributed by atoms with Crippen LogP contribution in [0.2, 0.25) is 0 Å². The average molecular weight is 339 g/mol. The molecule has 0 saturated carbocycles. The van der Waals surface area contributed by atoms with Crippen LogP contribution in [-0.4, -0.2) is 31.6 Å². The van der Waals surface area contributed by atoms with Crippen LogP contribution in [0.1, 0.15) is 43.8 Å². The van der Waals surface area contributed by atoms with E-state index < -0.39 is 0 Å². The molecular weight excluding hydrogens is 312 g/mol. The highest BCUT2D eigenvalue weighted by Gasteiger charge is 2.34. The number of amides is 1. The minimum absolute atomic E-state index is 0. The summed E-state index contributed by atoms with van der Waals surface area (Å²) in [6.07, 6.45) is 5.44. The Bertz CT molecular complexity index is 485. The van der Waals surface area contributed by atoms with Crippen molar-refractivity contribution in [3.8, 4) is 0 Å². The Morgan fingerprint density at radius 3 is 2.52 bits per heavy atom. The van der Waals surface area contributed by atoms with Crippen molar-refractivity contribution in [3.05, 3.63) is 35.9 Å². The predicted molar refractivity (Wildman–Crippen MR) is 93.7 cm³/mol. The van der Waals surface area contributed by atoms with Gasteiger partial charge in [-0.25, -0.2) is 0 Å². The number of hydrogen-bond donors (Lipinski definition) is 2. The van der Waals surface area contributed by atoms with Gasteiger partial charge in [0.1, 0.15) is 0 Å². The maximum absolute atomic E-state index is 12.2. The topological polar surface area (TPSA) is 50.4 Å². The van der Waals surface area contributed by atoms with Crippen LogP contribution in [0.4, 0.5) is 0 Å². The molecule has 2 fully saturated rings. The minimum atomic E-state index is -0.0747. The summed E-state index contributed by atoms with van der Waals surface area (Å²) in [6, 6.07) is 11.3. The lowest BCUT2D eigenvalue weighted by atomic mass is 9.89. The van der Waals surface area contributed by atoms with Gasteiger partial charge in [-0.15, -0.1) is 12.4 Å². The molecule has 128 valence electrons. The molecule has 5 heteroatoms. The molecule has 2 bridgehead atoms. The zero-order valence-corrected chi connectivity index (χ0v) is 14.5. The molecule has 0 aliphatic carbocycles. The standard InChI is InChI=1S/C18H26N2O2.ClH/c1-22-17(14-5-3-2-4-6-14)12-19-18(21)11-13-9-15-7-8-16(10-13)20-15;/h2-6,13,15-17,20H,7-12H2,1H3,(H,19,21);1H. The summed E-state index contributed by atoms with van der Waals surface area (Å²) >= 11 is 0. The van der Waals surface area contributed by atoms with E-state index in [-0.39, 0.29) is 24.4 Å². The first-order valence-corrected chi connectivity index (χ1v) is 8.35. The molecule has 2 aliphatic heterocycles. The van der Waals surface area contributed by atoms with Gasteiger partial charge in [0, 0.05) is 32.2 Å². The SMILES string of the molecule is COC(CNC(=O)CC1CC2CCC(C1)N2)c1ccccc1.Cl. The normalized spacial score (nSPS) is 27.1. The number of hydrogen-bond acceptors (Lipinski definition) is 3. The highest BCUT2D eigenvalue weighted by Crippen LogP contribution is 2.32. The van der Waals surface area contributed by atoms with Gasteiger partial charge in [-0.3, -0.25) is 4.79 Å². The van der Waals surface area contributed by atoms with Gasteiger partial charge in [0.25, 0.3) is 0 Å². The van der Waals surface area contributed by atoms with Crippen LogP contribution in [-0.2, 0) is 9.53 Å². The monoisotopic (exact) mass is 338 g/mol. The van der Waals surface area contributed by atoms with Crippen molar-refractivity contribution in [1.29, 1.82) is 0 Å². The van der Waals surface area contributed by atoms with Gasteiger partial charge < -0.3 is 15.4 Å². The highest BCUT2D eigenvalue weighted by molar-refractivity contribution is 5.85. The lowest BCUT2D eigenvalue weighted by molar-refractivity contribution is -0.122. The fourth-order valence-electron chi connectivity index (χ4n) is 3.89. The quantitative estimate of drug-likeness (QED) is 0.838. The van der Waals surface area contributed by atoms with E-state index in [0.717, 1.165) is 18.4 Å². The van der Waals surface area contributed by atoms with E-state index in [1.165, 1.54) is 12.8 Å². The van der Waals surface area contributed by atoms with Crippen molar-refractivity contribution in [2.75, 3.05) is 13.7 Å². The van der Waals surface area contributed by atoms with E-state index in [0.29, 0.717) is 31.0 Å². The van der Waals surface area contributed by atoms with Gasteiger partial charge in [-0.05, 0) is 37.2 Å². The molecule has 2 N–H and O–H groups in total. The molecule has 0 radical (unpaired) electrons. The fraction of sp³-hybridized carbons (Fsp3) is 0.611. The van der Waals surface area contributed by atoms with Crippen LogP contribution >= 0.6 is 12.4 Å². The third-order valence-electron chi connectivity index (χ3n) is 4.99. The Labute approximate surface area is 144 Å². The smallest absolute Gasteiger partial charge is 0.220 e. The van der Waals surface area contributed by atoms with E-state index in [4.69, 9.17) is 4.74 Å². The molecule has 2 heterocycles. The Balaban J connectivity index is 0.00000192. The molecule has 3 atom stereocenters. The van der Waals surface area contributed by atoms with Gasteiger partial charge in [-0.2, -0.15) is 0 Å². The third kappa shape index (κ3) is 4.93. The van der Waals surface area contributed by atoms with Crippen LogP contribution in [0.15, 0.2) is 30.3 Å². The Kier molecular flexibility index (Phi) is 6.88. The van der Waals surface area contributed by atoms with Crippen molar-refractivity contribution in [2.45, 2.75) is 50.3 Å². The summed E-state index contributed by atoms with van der Waals surface area (Å²) in [5, 5.41) is 6.67. The molecule has 23 heavy (non-hydrogen) atoms. The van der Waals surface area contributed by atoms with Crippen molar-refractivity contribution in [1.82, 2.24) is 10.6 Å². The number of halogens is 1. The number of methoxy groups -OCH3 is 1. The Morgan fingerprint density at radius 2 is 1.91 bits per heavy atom. The van der Waals surface area contributed by atoms with Gasteiger partial charge in [-0.1, -0.05) is 30.3 Å². The number of ether oxygens (including phenoxy) is 1. The third-order valence-corrected chi connectivity index (χ3v) is 4.99. The first kappa shape index (κ1) is 18.2. The summed E-state index contributed by atoms with van der Waals surface area (Å²) in [4.78, 5) is 12.2. The van der Waals surface area contributed by atoms with E-state index >= 15 is 0 Å². The summed E-state index contributed by atoms with van der Waals surface area (Å²) in [7, 11) is 1.69. The van der Waals surface area contributed by atoms with E-state index in [9.17, 15) is 4.79 Å². The zero-order valence-electron chi connectivity index (χ0n) is 13.7. The molecule has 1 aromatic rings. The second kappa shape index (κ2) is 8.67. The van der Waals surface area contributed by atoms with Crippen LogP contribution in [0.25, 0.3) is 0 Å². The van der Waals surface area contributed by atoms with Crippen LogP contribution in [0, 0.1) is 5.92 Å². The number of benzene rings is 1. The second-order valence-electron chi connectivity index (χ2n) is 6.62. The van der Waals surface area contributed by atoms with Gasteiger partial charge in [0.2, 0.25) is 5.91 Å². The zero-order chi connectivity index (χ0) is 15.4. The van der Waals surface area contributed by atoms with E-state index in [2.05, 4.69) is 10.6 Å². The highest BCUT2D eigenvalue weighted by atomic mass is 35.5. The number of nitrogens with one attached hydrogen (secondary N) is 2. The lowest BCUT2D eigenvalue weighted by Crippen LogP contribution is -2.40. The van der Waals surface area contributed by atoms with Crippen molar-refractivity contribution < 1.29 is 9.53 Å². The summed E-state index contributed by atoms with van der Waals surface area (Å²) < 4.78 is 5.50. The van der Waals surface area contributed by atoms with Crippen molar-refractivity contribution in [2.24, 2.45) is 5.92 Å². The maximum atomic E-state index is 12.2. The first-order chi connectivity index (χ1) is 10.7. The van der Waals surface area contributed by atoms with Crippen LogP contribution < -0.4 is 10.6 Å².